The minimum atomic E-state index is -5.05. The second-order valence-corrected chi connectivity index (χ2v) is 6.45. The first kappa shape index (κ1) is 21.2. The molecule has 0 amide bonds. The molecule has 0 fully saturated rings. The molecule has 0 aliphatic heterocycles. The van der Waals surface area contributed by atoms with Gasteiger partial charge in [0.15, 0.2) is 0 Å². The fourth-order valence-corrected chi connectivity index (χ4v) is 2.50. The van der Waals surface area contributed by atoms with Crippen molar-refractivity contribution >= 4 is 21.3 Å². The molecule has 0 unspecified atom stereocenters. The number of hydrogen-bond donors (Lipinski definition) is 6. The van der Waals surface area contributed by atoms with Crippen LogP contribution in [0.25, 0.3) is 0 Å². The van der Waals surface area contributed by atoms with Gasteiger partial charge in [-0.2, -0.15) is 4.31 Å². The van der Waals surface area contributed by atoms with Crippen molar-refractivity contribution < 1.29 is 43.2 Å². The Morgan fingerprint density at radius 3 is 1.55 bits per heavy atom. The fourth-order valence-electron chi connectivity index (χ4n) is 1.39. The number of nitrogens with zero attached hydrogens (tertiary/aromatic N) is 1. The molecule has 0 heterocycles. The molecule has 0 aliphatic rings. The molecule has 1 rings (SSSR count). The topological polar surface area (TPSA) is 168 Å². The summed E-state index contributed by atoms with van der Waals surface area (Å²) in [6, 6.07) is 9.75. The van der Waals surface area contributed by atoms with Gasteiger partial charge in [-0.3, -0.25) is 0 Å². The van der Waals surface area contributed by atoms with Gasteiger partial charge in [-0.15, -0.1) is 0 Å². The molecule has 10 nitrogen and oxygen atoms in total. The lowest BCUT2D eigenvalue weighted by molar-refractivity contribution is 0.225. The molecule has 1 aromatic carbocycles. The van der Waals surface area contributed by atoms with Crippen molar-refractivity contribution in [2.45, 2.75) is 0 Å². The Labute approximate surface area is 127 Å². The SMILES string of the molecule is O=P(O)(O)OP(=O)(O)O.OCCN(CCO)c1ccccc1. The monoisotopic (exact) mass is 359 g/mol. The fraction of sp³-hybridized carbons (Fsp3) is 0.400. The average molecular weight is 359 g/mol. The lowest BCUT2D eigenvalue weighted by atomic mass is 10.3. The van der Waals surface area contributed by atoms with Crippen LogP contribution < -0.4 is 4.90 Å². The summed E-state index contributed by atoms with van der Waals surface area (Å²) in [7, 11) is -10.1. The van der Waals surface area contributed by atoms with Crippen LogP contribution in [0, 0.1) is 0 Å². The maximum absolute atomic E-state index is 9.63. The average Bonchev–Trinajstić information content (AvgIpc) is 2.36. The zero-order valence-electron chi connectivity index (χ0n) is 11.5. The standard InChI is InChI=1S/C10H15NO2.H4O7P2/c12-8-6-11(7-9-13)10-4-2-1-3-5-10;1-8(2,3)7-9(4,5)6/h1-5,12-13H,6-9H2;(H2,1,2,3)(H2,4,5,6). The molecule has 1 aromatic rings. The van der Waals surface area contributed by atoms with Crippen LogP contribution >= 0.6 is 15.6 Å². The highest BCUT2D eigenvalue weighted by Gasteiger charge is 2.27. The van der Waals surface area contributed by atoms with Gasteiger partial charge < -0.3 is 34.7 Å². The van der Waals surface area contributed by atoms with E-state index >= 15 is 0 Å². The molecule has 0 saturated carbocycles. The lowest BCUT2D eigenvalue weighted by Crippen LogP contribution is -2.29. The Morgan fingerprint density at radius 1 is 0.864 bits per heavy atom. The van der Waals surface area contributed by atoms with Crippen LogP contribution in [0.4, 0.5) is 5.69 Å². The first-order valence-electron chi connectivity index (χ1n) is 5.93. The van der Waals surface area contributed by atoms with Crippen LogP contribution in [0.2, 0.25) is 0 Å². The molecule has 0 aromatic heterocycles. The van der Waals surface area contributed by atoms with Crippen molar-refractivity contribution in [1.29, 1.82) is 0 Å². The number of hydrogen-bond acceptors (Lipinski definition) is 6. The van der Waals surface area contributed by atoms with E-state index in [4.69, 9.17) is 29.8 Å². The first-order chi connectivity index (χ1) is 10.1. The van der Waals surface area contributed by atoms with E-state index in [1.54, 1.807) is 0 Å². The highest BCUT2D eigenvalue weighted by Crippen LogP contribution is 2.53. The number of aliphatic hydroxyl groups is 2. The number of rotatable bonds is 7. The highest BCUT2D eigenvalue weighted by molar-refractivity contribution is 7.60. The maximum Gasteiger partial charge on any atom is 0.478 e. The maximum atomic E-state index is 9.63. The van der Waals surface area contributed by atoms with E-state index in [9.17, 15) is 9.13 Å². The van der Waals surface area contributed by atoms with Crippen LogP contribution in [-0.2, 0) is 13.4 Å². The summed E-state index contributed by atoms with van der Waals surface area (Å²) in [5.41, 5.74) is 1.03. The third-order valence-corrected chi connectivity index (χ3v) is 3.78. The predicted octanol–water partition coefficient (Wildman–Crippen LogP) is -0.334. The molecule has 0 atom stereocenters. The quantitative estimate of drug-likeness (QED) is 0.354. The smallest absolute Gasteiger partial charge is 0.395 e. The van der Waals surface area contributed by atoms with Crippen molar-refractivity contribution in [3.8, 4) is 0 Å². The Morgan fingerprint density at radius 2 is 1.27 bits per heavy atom. The predicted molar refractivity (Wildman–Crippen MR) is 78.0 cm³/mol. The van der Waals surface area contributed by atoms with Gasteiger partial charge >= 0.3 is 15.6 Å². The zero-order valence-corrected chi connectivity index (χ0v) is 13.3. The highest BCUT2D eigenvalue weighted by atomic mass is 31.3. The molecule has 12 heteroatoms. The van der Waals surface area contributed by atoms with E-state index in [2.05, 4.69) is 4.31 Å². The number of aliphatic hydroxyl groups excluding tert-OH is 2. The summed E-state index contributed by atoms with van der Waals surface area (Å²) in [4.78, 5) is 32.9. The summed E-state index contributed by atoms with van der Waals surface area (Å²) in [6.07, 6.45) is 0. The summed E-state index contributed by atoms with van der Waals surface area (Å²) in [5.74, 6) is 0. The van der Waals surface area contributed by atoms with E-state index in [1.807, 2.05) is 35.2 Å². The second kappa shape index (κ2) is 10.1. The third kappa shape index (κ3) is 11.8. The van der Waals surface area contributed by atoms with E-state index in [1.165, 1.54) is 0 Å². The summed E-state index contributed by atoms with van der Waals surface area (Å²) < 4.78 is 22.2. The molecule has 0 bridgehead atoms. The molecular weight excluding hydrogens is 340 g/mol. The van der Waals surface area contributed by atoms with E-state index in [0.29, 0.717) is 13.1 Å². The van der Waals surface area contributed by atoms with Crippen LogP contribution in [0.1, 0.15) is 0 Å². The van der Waals surface area contributed by atoms with Gasteiger partial charge in [0.25, 0.3) is 0 Å². The van der Waals surface area contributed by atoms with Crippen LogP contribution in [0.3, 0.4) is 0 Å². The third-order valence-electron chi connectivity index (χ3n) is 2.07. The molecule has 0 saturated heterocycles. The number of benzene rings is 1. The Kier molecular flexibility index (Phi) is 9.70. The largest absolute Gasteiger partial charge is 0.478 e. The zero-order chi connectivity index (χ0) is 17.2. The van der Waals surface area contributed by atoms with E-state index < -0.39 is 15.6 Å². The van der Waals surface area contributed by atoms with Gasteiger partial charge in [-0.1, -0.05) is 18.2 Å². The summed E-state index contributed by atoms with van der Waals surface area (Å²) in [5, 5.41) is 17.6. The molecule has 0 aliphatic carbocycles. The number of para-hydroxylation sites is 1. The number of phosphoric acid groups is 2. The molecule has 0 radical (unpaired) electrons. The van der Waals surface area contributed by atoms with Crippen molar-refractivity contribution in [2.75, 3.05) is 31.2 Å². The van der Waals surface area contributed by atoms with Crippen molar-refractivity contribution in [2.24, 2.45) is 0 Å². The minimum absolute atomic E-state index is 0.106. The summed E-state index contributed by atoms with van der Waals surface area (Å²) in [6.45, 7) is 1.33. The van der Waals surface area contributed by atoms with Crippen LogP contribution in [-0.4, -0.2) is 56.1 Å². The second-order valence-electron chi connectivity index (χ2n) is 3.83. The van der Waals surface area contributed by atoms with Crippen molar-refractivity contribution in [1.82, 2.24) is 0 Å². The molecule has 22 heavy (non-hydrogen) atoms. The Bertz CT molecular complexity index is 474. The van der Waals surface area contributed by atoms with Crippen LogP contribution in [0.5, 0.6) is 0 Å². The lowest BCUT2D eigenvalue weighted by Gasteiger charge is -2.22. The van der Waals surface area contributed by atoms with E-state index in [0.717, 1.165) is 5.69 Å². The minimum Gasteiger partial charge on any atom is -0.395 e. The molecule has 0 spiro atoms. The van der Waals surface area contributed by atoms with Gasteiger partial charge in [0.2, 0.25) is 0 Å². The van der Waals surface area contributed by atoms with Crippen molar-refractivity contribution in [3.63, 3.8) is 0 Å². The molecule has 6 N–H and O–H groups in total. The van der Waals surface area contributed by atoms with Gasteiger partial charge in [0.1, 0.15) is 0 Å². The number of anilines is 1. The Hall–Kier alpha value is -0.800. The van der Waals surface area contributed by atoms with Gasteiger partial charge in [-0.05, 0) is 12.1 Å². The van der Waals surface area contributed by atoms with Gasteiger partial charge in [0, 0.05) is 18.8 Å². The van der Waals surface area contributed by atoms with E-state index in [-0.39, 0.29) is 13.2 Å². The van der Waals surface area contributed by atoms with Crippen molar-refractivity contribution in [3.05, 3.63) is 30.3 Å². The van der Waals surface area contributed by atoms with Crippen LogP contribution in [0.15, 0.2) is 30.3 Å². The van der Waals surface area contributed by atoms with Gasteiger partial charge in [0.05, 0.1) is 13.2 Å². The summed E-state index contributed by atoms with van der Waals surface area (Å²) >= 11 is 0. The molecule has 128 valence electrons. The normalized spacial score (nSPS) is 11.5. The van der Waals surface area contributed by atoms with Gasteiger partial charge in [-0.25, -0.2) is 9.13 Å². The first-order valence-corrected chi connectivity index (χ1v) is 8.99. The molecular formula is C10H19NO9P2. The Balaban J connectivity index is 0.000000433.